The fourth-order valence-corrected chi connectivity index (χ4v) is 2.44. The summed E-state index contributed by atoms with van der Waals surface area (Å²) in [7, 11) is 0. The number of rotatable bonds is 6. The quantitative estimate of drug-likeness (QED) is 0.786. The van der Waals surface area contributed by atoms with Crippen LogP contribution in [0.1, 0.15) is 18.4 Å². The van der Waals surface area contributed by atoms with Gasteiger partial charge in [0.15, 0.2) is 5.17 Å². The average Bonchev–Trinajstić information content (AvgIpc) is 2.83. The van der Waals surface area contributed by atoms with Crippen molar-refractivity contribution in [2.45, 2.75) is 19.8 Å². The Morgan fingerprint density at radius 1 is 1.52 bits per heavy atom. The van der Waals surface area contributed by atoms with Gasteiger partial charge in [0, 0.05) is 6.42 Å². The minimum Gasteiger partial charge on any atom is -0.494 e. The van der Waals surface area contributed by atoms with Gasteiger partial charge >= 0.3 is 5.97 Å². The highest BCUT2D eigenvalue weighted by Gasteiger charge is 2.16. The Morgan fingerprint density at radius 3 is 2.95 bits per heavy atom. The molecule has 0 saturated carbocycles. The van der Waals surface area contributed by atoms with Gasteiger partial charge in [0.2, 0.25) is 5.91 Å². The fourth-order valence-electron chi connectivity index (χ4n) is 1.75. The number of ether oxygens (including phenoxy) is 1. The van der Waals surface area contributed by atoms with Crippen molar-refractivity contribution < 1.29 is 19.4 Å². The molecule has 2 N–H and O–H groups in total. The maximum absolute atomic E-state index is 11.1. The maximum atomic E-state index is 11.1. The van der Waals surface area contributed by atoms with Gasteiger partial charge in [0.25, 0.3) is 0 Å². The lowest BCUT2D eigenvalue weighted by Gasteiger charge is -2.08. The van der Waals surface area contributed by atoms with Gasteiger partial charge in [0.05, 0.1) is 18.0 Å². The molecule has 2 rings (SSSR count). The summed E-state index contributed by atoms with van der Waals surface area (Å²) in [6.45, 7) is 2.27. The predicted molar refractivity (Wildman–Crippen MR) is 81.2 cm³/mol. The number of hydrogen-bond donors (Lipinski definition) is 2. The van der Waals surface area contributed by atoms with Crippen molar-refractivity contribution in [1.29, 1.82) is 0 Å². The third-order valence-corrected chi connectivity index (χ3v) is 3.65. The van der Waals surface area contributed by atoms with Crippen LogP contribution in [0.4, 0.5) is 5.69 Å². The Hall–Kier alpha value is -2.02. The van der Waals surface area contributed by atoms with E-state index in [0.717, 1.165) is 11.3 Å². The van der Waals surface area contributed by atoms with E-state index < -0.39 is 5.97 Å². The molecular weight excluding hydrogens is 292 g/mol. The number of nitrogens with one attached hydrogen (secondary N) is 1. The van der Waals surface area contributed by atoms with Gasteiger partial charge < -0.3 is 15.2 Å². The van der Waals surface area contributed by atoms with Crippen LogP contribution in [-0.4, -0.2) is 34.5 Å². The van der Waals surface area contributed by atoms with Crippen molar-refractivity contribution >= 4 is 34.5 Å². The van der Waals surface area contributed by atoms with Gasteiger partial charge in [-0.2, -0.15) is 0 Å². The Kier molecular flexibility index (Phi) is 5.21. The molecule has 1 fully saturated rings. The Morgan fingerprint density at radius 2 is 2.33 bits per heavy atom. The van der Waals surface area contributed by atoms with E-state index in [0.29, 0.717) is 29.7 Å². The van der Waals surface area contributed by atoms with Crippen molar-refractivity contribution in [2.75, 3.05) is 12.4 Å². The van der Waals surface area contributed by atoms with Gasteiger partial charge in [-0.05, 0) is 37.1 Å². The molecule has 1 aliphatic heterocycles. The topological polar surface area (TPSA) is 88.0 Å². The molecule has 6 nitrogen and oxygen atoms in total. The number of amidine groups is 1. The second-order valence-electron chi connectivity index (χ2n) is 4.55. The first-order chi connectivity index (χ1) is 10.0. The summed E-state index contributed by atoms with van der Waals surface area (Å²) in [5, 5.41) is 11.8. The summed E-state index contributed by atoms with van der Waals surface area (Å²) in [6.07, 6.45) is 0.572. The van der Waals surface area contributed by atoms with Gasteiger partial charge in [-0.15, -0.1) is 0 Å². The third-order valence-electron chi connectivity index (χ3n) is 2.78. The Balaban J connectivity index is 1.94. The first kappa shape index (κ1) is 15.4. The number of hydrogen-bond acceptors (Lipinski definition) is 5. The largest absolute Gasteiger partial charge is 0.494 e. The van der Waals surface area contributed by atoms with Crippen LogP contribution in [0.15, 0.2) is 23.2 Å². The lowest BCUT2D eigenvalue weighted by Crippen LogP contribution is -2.19. The molecule has 1 aromatic carbocycles. The van der Waals surface area contributed by atoms with Crippen molar-refractivity contribution in [1.82, 2.24) is 5.32 Å². The van der Waals surface area contributed by atoms with Gasteiger partial charge in [-0.3, -0.25) is 9.59 Å². The monoisotopic (exact) mass is 308 g/mol. The number of carbonyl (C=O) groups is 2. The molecule has 0 aliphatic carbocycles. The molecule has 0 spiro atoms. The Bertz CT molecular complexity index is 586. The summed E-state index contributed by atoms with van der Waals surface area (Å²) >= 11 is 1.38. The van der Waals surface area contributed by atoms with Gasteiger partial charge in [-0.1, -0.05) is 11.8 Å². The van der Waals surface area contributed by atoms with Crippen LogP contribution in [-0.2, 0) is 9.59 Å². The lowest BCUT2D eigenvalue weighted by molar-refractivity contribution is -0.137. The summed E-state index contributed by atoms with van der Waals surface area (Å²) in [5.74, 6) is 0.236. The van der Waals surface area contributed by atoms with Crippen LogP contribution < -0.4 is 10.1 Å². The fraction of sp³-hybridized carbons (Fsp3) is 0.357. The summed E-state index contributed by atoms with van der Waals surface area (Å²) < 4.78 is 5.49. The Labute approximate surface area is 126 Å². The molecule has 21 heavy (non-hydrogen) atoms. The van der Waals surface area contributed by atoms with E-state index in [4.69, 9.17) is 9.84 Å². The van der Waals surface area contributed by atoms with E-state index >= 15 is 0 Å². The predicted octanol–water partition coefficient (Wildman–Crippen LogP) is 2.09. The van der Waals surface area contributed by atoms with Gasteiger partial charge in [0.1, 0.15) is 5.75 Å². The average molecular weight is 308 g/mol. The molecule has 0 radical (unpaired) electrons. The van der Waals surface area contributed by atoms with Gasteiger partial charge in [-0.25, -0.2) is 4.99 Å². The normalized spacial score (nSPS) is 16.0. The number of aliphatic carboxylic acids is 1. The van der Waals surface area contributed by atoms with Crippen LogP contribution in [0.5, 0.6) is 5.75 Å². The number of carbonyl (C=O) groups excluding carboxylic acids is 1. The second kappa shape index (κ2) is 7.12. The molecule has 1 heterocycles. The number of carboxylic acids is 1. The molecule has 0 bridgehead atoms. The highest BCUT2D eigenvalue weighted by atomic mass is 32.2. The van der Waals surface area contributed by atoms with E-state index in [-0.39, 0.29) is 12.3 Å². The summed E-state index contributed by atoms with van der Waals surface area (Å²) in [4.78, 5) is 25.9. The number of carboxylic acid groups (broad SMARTS) is 1. The van der Waals surface area contributed by atoms with Crippen LogP contribution in [0.2, 0.25) is 0 Å². The first-order valence-electron chi connectivity index (χ1n) is 6.51. The molecule has 0 aromatic heterocycles. The summed E-state index contributed by atoms with van der Waals surface area (Å²) in [6, 6.07) is 5.45. The minimum absolute atomic E-state index is 0.0326. The van der Waals surface area contributed by atoms with E-state index in [9.17, 15) is 9.59 Å². The van der Waals surface area contributed by atoms with Crippen LogP contribution >= 0.6 is 11.8 Å². The second-order valence-corrected chi connectivity index (χ2v) is 5.51. The third kappa shape index (κ3) is 4.78. The van der Waals surface area contributed by atoms with Crippen molar-refractivity contribution in [3.63, 3.8) is 0 Å². The molecule has 7 heteroatoms. The van der Waals surface area contributed by atoms with Crippen LogP contribution in [0, 0.1) is 6.92 Å². The minimum atomic E-state index is -0.822. The zero-order chi connectivity index (χ0) is 15.2. The number of nitrogens with zero attached hydrogens (tertiary/aromatic N) is 1. The zero-order valence-corrected chi connectivity index (χ0v) is 12.4. The van der Waals surface area contributed by atoms with Crippen LogP contribution in [0.3, 0.4) is 0 Å². The first-order valence-corrected chi connectivity index (χ1v) is 7.50. The number of aliphatic imine (C=N–C) groups is 1. The molecule has 112 valence electrons. The standard InChI is InChI=1S/C14H16N2O4S/c1-9-7-10(20-6-2-3-13(18)19)4-5-11(9)15-14-16-12(17)8-21-14/h4-5,7H,2-3,6,8H2,1H3,(H,18,19)(H,15,16,17). The van der Waals surface area contributed by atoms with Crippen molar-refractivity contribution in [2.24, 2.45) is 4.99 Å². The lowest BCUT2D eigenvalue weighted by atomic mass is 10.2. The highest BCUT2D eigenvalue weighted by molar-refractivity contribution is 8.15. The zero-order valence-electron chi connectivity index (χ0n) is 11.6. The molecule has 1 saturated heterocycles. The van der Waals surface area contributed by atoms with E-state index in [1.165, 1.54) is 11.8 Å². The maximum Gasteiger partial charge on any atom is 0.303 e. The molecule has 1 aromatic rings. The number of thioether (sulfide) groups is 1. The molecule has 1 aliphatic rings. The molecule has 1 amide bonds. The highest BCUT2D eigenvalue weighted by Crippen LogP contribution is 2.25. The summed E-state index contributed by atoms with van der Waals surface area (Å²) in [5.41, 5.74) is 1.71. The molecular formula is C14H16N2O4S. The molecule has 0 atom stereocenters. The number of benzene rings is 1. The van der Waals surface area contributed by atoms with Crippen molar-refractivity contribution in [3.05, 3.63) is 23.8 Å². The number of aryl methyl sites for hydroxylation is 1. The van der Waals surface area contributed by atoms with E-state index in [1.54, 1.807) is 6.07 Å². The van der Waals surface area contributed by atoms with Crippen molar-refractivity contribution in [3.8, 4) is 5.75 Å². The SMILES string of the molecule is Cc1cc(OCCCC(=O)O)ccc1N=C1NC(=O)CS1. The van der Waals surface area contributed by atoms with E-state index in [2.05, 4.69) is 10.3 Å². The number of amides is 1. The molecule has 0 unspecified atom stereocenters. The van der Waals surface area contributed by atoms with Crippen LogP contribution in [0.25, 0.3) is 0 Å². The van der Waals surface area contributed by atoms with E-state index in [1.807, 2.05) is 19.1 Å². The smallest absolute Gasteiger partial charge is 0.303 e.